The van der Waals surface area contributed by atoms with Gasteiger partial charge in [-0.1, -0.05) is 55.3 Å². The number of hydrogen-bond donors (Lipinski definition) is 1. The third-order valence-electron chi connectivity index (χ3n) is 6.95. The minimum Gasteiger partial charge on any atom is -0.367 e. The molecular formula is C34H48ClFN5O2P. The number of fused-ring (bicyclic) bond motifs is 1. The SMILES string of the molecule is C=CC.CC.CC1N=C(c2cn(Cc3c(P)cccc3Cl)c3cc(N4CCN(C)CC4)c(F)cc3c2=O)NO1.CC=C(C)C. The molecule has 44 heavy (non-hydrogen) atoms. The van der Waals surface area contributed by atoms with Gasteiger partial charge in [-0.25, -0.2) is 19.7 Å². The second-order valence-corrected chi connectivity index (χ2v) is 11.5. The molecule has 2 unspecified atom stereocenters. The third-order valence-corrected chi connectivity index (χ3v) is 7.84. The van der Waals surface area contributed by atoms with Crippen LogP contribution in [0.1, 0.15) is 59.6 Å². The van der Waals surface area contributed by atoms with Crippen molar-refractivity contribution in [1.82, 2.24) is 14.9 Å². The monoisotopic (exact) mass is 643 g/mol. The molecule has 0 radical (unpaired) electrons. The summed E-state index contributed by atoms with van der Waals surface area (Å²) in [4.78, 5) is 27.4. The number of hydrogen-bond acceptors (Lipinski definition) is 6. The van der Waals surface area contributed by atoms with E-state index in [4.69, 9.17) is 16.4 Å². The van der Waals surface area contributed by atoms with Crippen LogP contribution in [0.15, 0.2) is 70.6 Å². The Hall–Kier alpha value is -3.03. The highest BCUT2D eigenvalue weighted by Gasteiger charge is 2.24. The summed E-state index contributed by atoms with van der Waals surface area (Å²) in [5, 5.41) is 1.86. The van der Waals surface area contributed by atoms with Gasteiger partial charge < -0.3 is 14.4 Å². The van der Waals surface area contributed by atoms with Crippen molar-refractivity contribution in [3.8, 4) is 0 Å². The lowest BCUT2D eigenvalue weighted by molar-refractivity contribution is 0.0504. The number of benzene rings is 2. The molecule has 2 aliphatic rings. The zero-order valence-electron chi connectivity index (χ0n) is 27.4. The fourth-order valence-corrected chi connectivity index (χ4v) is 5.09. The van der Waals surface area contributed by atoms with Crippen molar-refractivity contribution in [3.63, 3.8) is 0 Å². The Kier molecular flexibility index (Phi) is 15.3. The molecule has 0 bridgehead atoms. The highest BCUT2D eigenvalue weighted by Crippen LogP contribution is 2.28. The number of allylic oxidation sites excluding steroid dienone is 3. The summed E-state index contributed by atoms with van der Waals surface area (Å²) < 4.78 is 17.3. The van der Waals surface area contributed by atoms with E-state index in [0.29, 0.717) is 34.2 Å². The number of likely N-dealkylation sites (N-methyl/N-ethyl adjacent to an activating group) is 1. The lowest BCUT2D eigenvalue weighted by Gasteiger charge is -2.34. The van der Waals surface area contributed by atoms with Crippen LogP contribution in [0, 0.1) is 5.82 Å². The van der Waals surface area contributed by atoms with Crippen LogP contribution in [-0.2, 0) is 11.4 Å². The Bertz CT molecular complexity index is 1510. The predicted octanol–water partition coefficient (Wildman–Crippen LogP) is 6.91. The van der Waals surface area contributed by atoms with Crippen LogP contribution >= 0.6 is 20.8 Å². The molecule has 2 aliphatic heterocycles. The third kappa shape index (κ3) is 9.73. The first-order valence-electron chi connectivity index (χ1n) is 15.0. The summed E-state index contributed by atoms with van der Waals surface area (Å²) >= 11 is 6.52. The van der Waals surface area contributed by atoms with Gasteiger partial charge in [0.25, 0.3) is 0 Å². The van der Waals surface area contributed by atoms with Gasteiger partial charge in [0.15, 0.2) is 17.5 Å². The summed E-state index contributed by atoms with van der Waals surface area (Å²) in [5.74, 6) is -0.0739. The van der Waals surface area contributed by atoms with E-state index < -0.39 is 12.0 Å². The molecular weight excluding hydrogens is 596 g/mol. The number of halogens is 2. The number of anilines is 1. The minimum atomic E-state index is -0.419. The second kappa shape index (κ2) is 18.1. The molecule has 0 amide bonds. The van der Waals surface area contributed by atoms with E-state index >= 15 is 4.39 Å². The number of rotatable bonds is 4. The fourth-order valence-electron chi connectivity index (χ4n) is 4.40. The molecule has 2 aromatic carbocycles. The number of nitrogens with one attached hydrogen (secondary N) is 1. The Morgan fingerprint density at radius 3 is 2.34 bits per heavy atom. The molecule has 2 atom stereocenters. The maximum atomic E-state index is 15.3. The second-order valence-electron chi connectivity index (χ2n) is 10.5. The van der Waals surface area contributed by atoms with Gasteiger partial charge in [0.1, 0.15) is 5.82 Å². The van der Waals surface area contributed by atoms with Crippen molar-refractivity contribution in [2.24, 2.45) is 4.99 Å². The van der Waals surface area contributed by atoms with Crippen LogP contribution in [0.25, 0.3) is 10.9 Å². The number of pyridine rings is 1. The average Bonchev–Trinajstić information content (AvgIpc) is 3.44. The molecule has 0 spiro atoms. The molecule has 3 aromatic rings. The number of nitrogens with zero attached hydrogens (tertiary/aromatic N) is 4. The maximum Gasteiger partial charge on any atom is 0.200 e. The van der Waals surface area contributed by atoms with Gasteiger partial charge in [-0.05, 0) is 70.7 Å². The van der Waals surface area contributed by atoms with Crippen molar-refractivity contribution < 1.29 is 9.23 Å². The van der Waals surface area contributed by atoms with Gasteiger partial charge in [0, 0.05) is 49.3 Å². The smallest absolute Gasteiger partial charge is 0.200 e. The molecule has 1 fully saturated rings. The molecule has 1 aromatic heterocycles. The quantitative estimate of drug-likeness (QED) is 0.247. The predicted molar refractivity (Wildman–Crippen MR) is 190 cm³/mol. The van der Waals surface area contributed by atoms with E-state index in [-0.39, 0.29) is 10.8 Å². The standard InChI is InChI=1S/C24H26ClFN5O2P.C5H10.C3H6.C2H6/c1-14-27-24(28-33-14)17-13-31(12-16-18(25)4-3-5-22(16)34)20-11-21(19(26)10-15(20)23(17)32)30-8-6-29(2)7-9-30;1-4-5(2)3;1-3-2;1-2/h3-5,10-11,13-14H,6-9,12,34H2,1-2H3,(H,27,28);4H,1-3H3;3H,1H2,2H3;1-2H3. The Morgan fingerprint density at radius 1 is 1.20 bits per heavy atom. The molecule has 1 saturated heterocycles. The van der Waals surface area contributed by atoms with Gasteiger partial charge in [-0.2, -0.15) is 0 Å². The van der Waals surface area contributed by atoms with E-state index in [0.717, 1.165) is 37.0 Å². The molecule has 7 nitrogen and oxygen atoms in total. The van der Waals surface area contributed by atoms with Gasteiger partial charge in [-0.15, -0.1) is 15.8 Å². The molecule has 0 saturated carbocycles. The zero-order chi connectivity index (χ0) is 33.0. The first-order chi connectivity index (χ1) is 21.0. The largest absolute Gasteiger partial charge is 0.367 e. The van der Waals surface area contributed by atoms with E-state index in [1.807, 2.05) is 55.4 Å². The van der Waals surface area contributed by atoms with Gasteiger partial charge in [0.2, 0.25) is 0 Å². The van der Waals surface area contributed by atoms with Gasteiger partial charge in [-0.3, -0.25) is 4.79 Å². The first-order valence-corrected chi connectivity index (χ1v) is 16.0. The Morgan fingerprint density at radius 2 is 1.82 bits per heavy atom. The summed E-state index contributed by atoms with van der Waals surface area (Å²) in [6.45, 7) is 20.8. The Labute approximate surface area is 269 Å². The van der Waals surface area contributed by atoms with Crippen LogP contribution in [0.4, 0.5) is 10.1 Å². The van der Waals surface area contributed by atoms with E-state index in [1.54, 1.807) is 25.3 Å². The number of piperazine rings is 1. The molecule has 1 N–H and O–H groups in total. The van der Waals surface area contributed by atoms with Crippen LogP contribution in [0.3, 0.4) is 0 Å². The fraction of sp³-hybridized carbons (Fsp3) is 0.412. The van der Waals surface area contributed by atoms with Crippen LogP contribution in [-0.4, -0.2) is 54.8 Å². The van der Waals surface area contributed by atoms with Crippen molar-refractivity contribution in [2.45, 2.75) is 61.2 Å². The summed E-state index contributed by atoms with van der Waals surface area (Å²) in [5.41, 5.74) is 6.17. The Balaban J connectivity index is 0.000000596. The van der Waals surface area contributed by atoms with Crippen molar-refractivity contribution in [2.75, 3.05) is 38.1 Å². The van der Waals surface area contributed by atoms with Gasteiger partial charge in [0.05, 0.1) is 16.8 Å². The number of aliphatic imine (C=N–C) groups is 1. The molecule has 240 valence electrons. The lowest BCUT2D eigenvalue weighted by Crippen LogP contribution is -2.44. The number of hydroxylamine groups is 1. The number of amidine groups is 1. The van der Waals surface area contributed by atoms with Gasteiger partial charge >= 0.3 is 0 Å². The molecule has 0 aliphatic carbocycles. The molecule has 5 rings (SSSR count). The first kappa shape index (κ1) is 37.2. The highest BCUT2D eigenvalue weighted by atomic mass is 35.5. The van der Waals surface area contributed by atoms with Crippen LogP contribution in [0.5, 0.6) is 0 Å². The highest BCUT2D eigenvalue weighted by molar-refractivity contribution is 7.27. The number of aromatic nitrogens is 1. The van der Waals surface area contributed by atoms with Crippen LogP contribution < -0.4 is 21.1 Å². The minimum absolute atomic E-state index is 0.286. The van der Waals surface area contributed by atoms with Crippen molar-refractivity contribution in [1.29, 1.82) is 0 Å². The van der Waals surface area contributed by atoms with Crippen molar-refractivity contribution in [3.05, 3.63) is 93.0 Å². The zero-order valence-corrected chi connectivity index (χ0v) is 29.3. The van der Waals surface area contributed by atoms with E-state index in [9.17, 15) is 4.79 Å². The lowest BCUT2D eigenvalue weighted by atomic mass is 10.1. The molecule has 10 heteroatoms. The topological polar surface area (TPSA) is 62.1 Å². The average molecular weight is 644 g/mol. The van der Waals surface area contributed by atoms with E-state index in [1.165, 1.54) is 11.6 Å². The summed E-state index contributed by atoms with van der Waals surface area (Å²) in [7, 11) is 4.76. The van der Waals surface area contributed by atoms with Crippen molar-refractivity contribution >= 4 is 48.6 Å². The van der Waals surface area contributed by atoms with Crippen LogP contribution in [0.2, 0.25) is 5.02 Å². The summed E-state index contributed by atoms with van der Waals surface area (Å²) in [6, 6.07) is 8.82. The molecule has 3 heterocycles. The summed E-state index contributed by atoms with van der Waals surface area (Å²) in [6.07, 6.45) is 5.16. The maximum absolute atomic E-state index is 15.3. The van der Waals surface area contributed by atoms with E-state index in [2.05, 4.69) is 58.2 Å². The normalized spacial score (nSPS) is 15.8.